The Morgan fingerprint density at radius 2 is 1.20 bits per heavy atom. The van der Waals surface area contributed by atoms with Crippen molar-refractivity contribution in [3.63, 3.8) is 0 Å². The first-order chi connectivity index (χ1) is 42.3. The van der Waals surface area contributed by atoms with Crippen molar-refractivity contribution in [3.8, 4) is 5.75 Å². The predicted molar refractivity (Wildman–Crippen MR) is 334 cm³/mol. The minimum absolute atomic E-state index is 0.00635. The van der Waals surface area contributed by atoms with Crippen LogP contribution >= 0.6 is 0 Å². The number of likely N-dealkylation sites (tertiary alicyclic amines) is 1. The number of aliphatic imine (C=N–C) groups is 1. The number of unbranched alkanes of at least 4 members (excludes halogenated alkanes) is 1. The average molecular weight is 1240 g/mol. The zero-order chi connectivity index (χ0) is 65.7. The van der Waals surface area contributed by atoms with Gasteiger partial charge in [0.15, 0.2) is 29.1 Å². The number of aryl methyl sites for hydroxylation is 1. The predicted octanol–water partition coefficient (Wildman–Crippen LogP) is 4.57. The Hall–Kier alpha value is -8.34. The van der Waals surface area contributed by atoms with Crippen LogP contribution in [0.2, 0.25) is 0 Å². The normalized spacial score (nSPS) is 15.9. The minimum Gasteiger partial charge on any atom is -0.508 e. The van der Waals surface area contributed by atoms with E-state index in [1.165, 1.54) is 19.1 Å². The largest absolute Gasteiger partial charge is 0.508 e. The quantitative estimate of drug-likeness (QED) is 0.0211. The average Bonchev–Trinajstić information content (AvgIpc) is 2.55. The van der Waals surface area contributed by atoms with E-state index in [9.17, 15) is 68.1 Å². The highest BCUT2D eigenvalue weighted by molar-refractivity contribution is 5.98. The van der Waals surface area contributed by atoms with E-state index in [-0.39, 0.29) is 75.0 Å². The summed E-state index contributed by atoms with van der Waals surface area (Å²) in [5.41, 5.74) is 19.5. The minimum atomic E-state index is -1.40. The number of amides is 5. The Bertz CT molecular complexity index is 2900. The molecule has 0 aromatic heterocycles. The highest BCUT2D eigenvalue weighted by Gasteiger charge is 2.39. The van der Waals surface area contributed by atoms with Gasteiger partial charge in [0.1, 0.15) is 11.8 Å². The molecule has 10 atom stereocenters. The number of Topliss-reactive ketones (excluding diaryl/α,β-unsaturated/α-hetero) is 4. The van der Waals surface area contributed by atoms with E-state index >= 15 is 0 Å². The van der Waals surface area contributed by atoms with Crippen molar-refractivity contribution in [1.29, 1.82) is 0 Å². The number of phenols is 1. The summed E-state index contributed by atoms with van der Waals surface area (Å²) in [4.78, 5) is 156. The molecule has 0 bridgehead atoms. The van der Waals surface area contributed by atoms with Crippen LogP contribution in [-0.2, 0) is 72.0 Å². The third-order valence-corrected chi connectivity index (χ3v) is 16.5. The van der Waals surface area contributed by atoms with Gasteiger partial charge in [-0.15, -0.1) is 0 Å². The van der Waals surface area contributed by atoms with Crippen molar-refractivity contribution in [2.75, 3.05) is 19.6 Å². The molecule has 1 saturated heterocycles. The Labute approximate surface area is 521 Å². The lowest BCUT2D eigenvalue weighted by Crippen LogP contribution is -2.52. The number of aliphatic carboxylic acids is 2. The van der Waals surface area contributed by atoms with E-state index in [0.29, 0.717) is 55.5 Å². The number of carbonyl (C=O) groups is 11. The number of ketones is 4. The molecule has 1 heterocycles. The number of hydrogen-bond acceptors (Lipinski definition) is 14. The second kappa shape index (κ2) is 37.5. The van der Waals surface area contributed by atoms with Gasteiger partial charge in [0.2, 0.25) is 29.5 Å². The lowest BCUT2D eigenvalue weighted by atomic mass is 9.83. The molecule has 3 aromatic rings. The SMILES string of the molecule is CCC(C)[C@H](CC(=O)[C@H](Cc1ccccc1)NC(=O)[C@H](C)CC(=O)[C@H](Cc1ccc(O)cc1)NC(=O)CCC(=O)[C@H](CCCN=C(N)N)NC(=O)[C@@H]1CCCN1C(=O)[C@@H](C)CCCCN)C(=O)N[C@@H](CCC(=O)O)C(=O)C[C@@H](Cc1ccc(C)cc1)C(=O)O. The van der Waals surface area contributed by atoms with Crippen LogP contribution in [0.15, 0.2) is 83.9 Å². The highest BCUT2D eigenvalue weighted by atomic mass is 16.4. The first-order valence-electron chi connectivity index (χ1n) is 31.0. The fraction of sp³-hybridized carbons (Fsp3) is 0.545. The zero-order valence-electron chi connectivity index (χ0n) is 52.1. The number of benzene rings is 3. The molecule has 23 nitrogen and oxygen atoms in total. The van der Waals surface area contributed by atoms with Crippen molar-refractivity contribution in [3.05, 3.63) is 101 Å². The number of carboxylic acids is 2. The number of carboxylic acid groups (broad SMARTS) is 2. The van der Waals surface area contributed by atoms with E-state index < -0.39 is 145 Å². The van der Waals surface area contributed by atoms with Crippen molar-refractivity contribution in [2.24, 2.45) is 51.8 Å². The maximum atomic E-state index is 14.6. The van der Waals surface area contributed by atoms with E-state index in [1.807, 2.05) is 26.0 Å². The smallest absolute Gasteiger partial charge is 0.307 e. The first-order valence-corrected chi connectivity index (χ1v) is 31.0. The van der Waals surface area contributed by atoms with Crippen LogP contribution < -0.4 is 38.5 Å². The fourth-order valence-corrected chi connectivity index (χ4v) is 10.8. The zero-order valence-corrected chi connectivity index (χ0v) is 52.1. The summed E-state index contributed by atoms with van der Waals surface area (Å²) in [5.74, 6) is -12.0. The van der Waals surface area contributed by atoms with E-state index in [0.717, 1.165) is 18.4 Å². The van der Waals surface area contributed by atoms with Gasteiger partial charge in [0.05, 0.1) is 30.1 Å². The Balaban J connectivity index is 1.51. The van der Waals surface area contributed by atoms with Crippen LogP contribution in [0.1, 0.15) is 146 Å². The van der Waals surface area contributed by atoms with Crippen molar-refractivity contribution < 1.29 is 68.1 Å². The fourth-order valence-electron chi connectivity index (χ4n) is 10.8. The second-order valence-electron chi connectivity index (χ2n) is 23.7. The third kappa shape index (κ3) is 25.4. The Morgan fingerprint density at radius 1 is 0.618 bits per heavy atom. The molecule has 5 amide bonds. The van der Waals surface area contributed by atoms with E-state index in [4.69, 9.17) is 17.2 Å². The van der Waals surface area contributed by atoms with Gasteiger partial charge in [0, 0.05) is 69.4 Å². The Morgan fingerprint density at radius 3 is 1.82 bits per heavy atom. The maximum absolute atomic E-state index is 14.6. The van der Waals surface area contributed by atoms with Crippen molar-refractivity contribution in [1.82, 2.24) is 26.2 Å². The summed E-state index contributed by atoms with van der Waals surface area (Å²) in [7, 11) is 0. The first kappa shape index (κ1) is 73.1. The molecule has 0 spiro atoms. The lowest BCUT2D eigenvalue weighted by Gasteiger charge is -2.28. The summed E-state index contributed by atoms with van der Waals surface area (Å²) in [6, 6.07) is 16.0. The molecule has 1 aliphatic rings. The number of phenolic OH excluding ortho intramolecular Hbond substituents is 1. The van der Waals surface area contributed by atoms with E-state index in [1.54, 1.807) is 73.3 Å². The van der Waals surface area contributed by atoms with Crippen LogP contribution in [-0.4, -0.2) is 141 Å². The standard InChI is InChI=1S/C66H93N9O14/c1-6-41(3)49(62(85)72-51(27-30-60(82)83)57(79)38-47(65(88)89)35-45-21-19-40(2)20-22-45)39-58(80)53(36-44-15-8-7-9-16-44)74-61(84)43(5)34-56(78)52(37-46-23-25-48(76)26-24-46)71-59(81)29-28-55(77)50(17-12-32-70-66(68)69)73-63(86)54-18-13-33-75(54)64(87)42(4)14-10-11-31-67/h7-9,15-16,19-26,41-43,47,49-54,76H,6,10-14,17-18,27-39,67H2,1-5H3,(H,71,81)(H,72,85)(H,73,86)(H,74,84)(H,82,83)(H,88,89)(H4,68,69,70)/t41?,42-,43+,47+,49-,50-,51-,52-,53-,54-/m0/s1. The van der Waals surface area contributed by atoms with Crippen LogP contribution in [0.3, 0.4) is 0 Å². The number of carbonyl (C=O) groups excluding carboxylic acids is 9. The molecule has 486 valence electrons. The van der Waals surface area contributed by atoms with E-state index in [2.05, 4.69) is 26.3 Å². The summed E-state index contributed by atoms with van der Waals surface area (Å²) < 4.78 is 0. The number of aromatic hydroxyl groups is 1. The Kier molecular flexibility index (Phi) is 30.8. The van der Waals surface area contributed by atoms with Gasteiger partial charge >= 0.3 is 11.9 Å². The van der Waals surface area contributed by atoms with Crippen molar-refractivity contribution >= 4 is 70.6 Å². The van der Waals surface area contributed by atoms with Crippen molar-refractivity contribution in [2.45, 2.75) is 180 Å². The molecule has 0 radical (unpaired) electrons. The second-order valence-corrected chi connectivity index (χ2v) is 23.7. The van der Waals surface area contributed by atoms with Gasteiger partial charge in [0.25, 0.3) is 0 Å². The molecular formula is C66H93N9O14. The number of nitrogens with one attached hydrogen (secondary N) is 4. The lowest BCUT2D eigenvalue weighted by molar-refractivity contribution is -0.144. The van der Waals surface area contributed by atoms with Crippen LogP contribution in [0, 0.1) is 36.5 Å². The third-order valence-electron chi connectivity index (χ3n) is 16.5. The summed E-state index contributed by atoms with van der Waals surface area (Å²) in [6.45, 7) is 9.73. The molecule has 0 saturated carbocycles. The topological polar surface area (TPSA) is 390 Å². The van der Waals surface area contributed by atoms with Gasteiger partial charge in [-0.1, -0.05) is 113 Å². The number of rotatable bonds is 41. The molecule has 0 aliphatic carbocycles. The molecule has 23 heteroatoms. The van der Waals surface area contributed by atoms with Gasteiger partial charge in [-0.3, -0.25) is 57.7 Å². The molecule has 1 fully saturated rings. The molecule has 3 aromatic carbocycles. The number of nitrogens with two attached hydrogens (primary N) is 3. The van der Waals surface area contributed by atoms with Crippen LogP contribution in [0.25, 0.3) is 0 Å². The number of nitrogens with zero attached hydrogens (tertiary/aromatic N) is 2. The molecule has 13 N–H and O–H groups in total. The molecular weight excluding hydrogens is 1140 g/mol. The molecule has 4 rings (SSSR count). The van der Waals surface area contributed by atoms with Crippen LogP contribution in [0.5, 0.6) is 5.75 Å². The number of hydrogen-bond donors (Lipinski definition) is 10. The monoisotopic (exact) mass is 1240 g/mol. The highest BCUT2D eigenvalue weighted by Crippen LogP contribution is 2.26. The summed E-state index contributed by atoms with van der Waals surface area (Å²) >= 11 is 0. The number of guanidine groups is 1. The maximum Gasteiger partial charge on any atom is 0.307 e. The van der Waals surface area contributed by atoms with Gasteiger partial charge in [-0.2, -0.15) is 0 Å². The molecule has 89 heavy (non-hydrogen) atoms. The van der Waals surface area contributed by atoms with Gasteiger partial charge in [-0.25, -0.2) is 0 Å². The molecule has 1 aliphatic heterocycles. The van der Waals surface area contributed by atoms with Gasteiger partial charge in [-0.05, 0) is 112 Å². The van der Waals surface area contributed by atoms with Gasteiger partial charge < -0.3 is 58.7 Å². The summed E-state index contributed by atoms with van der Waals surface area (Å²) in [5, 5.41) is 40.7. The summed E-state index contributed by atoms with van der Waals surface area (Å²) in [6.07, 6.45) is 0.831. The molecule has 1 unspecified atom stereocenters. The van der Waals surface area contributed by atoms with Crippen LogP contribution in [0.4, 0.5) is 0 Å².